The number of nitrogens with zero attached hydrogens (tertiary/aromatic N) is 2. The van der Waals surface area contributed by atoms with E-state index in [9.17, 15) is 0 Å². The van der Waals surface area contributed by atoms with Crippen molar-refractivity contribution >= 4 is 5.82 Å². The van der Waals surface area contributed by atoms with Gasteiger partial charge >= 0.3 is 0 Å². The highest BCUT2D eigenvalue weighted by Gasteiger charge is 2.26. The summed E-state index contributed by atoms with van der Waals surface area (Å²) in [5.41, 5.74) is 0.915. The van der Waals surface area contributed by atoms with Crippen LogP contribution in [-0.2, 0) is 5.41 Å². The highest BCUT2D eigenvalue weighted by atomic mass is 16.5. The summed E-state index contributed by atoms with van der Waals surface area (Å²) >= 11 is 0. The largest absolute Gasteiger partial charge is 0.474 e. The molecule has 0 spiro atoms. The molecule has 4 heteroatoms. The van der Waals surface area contributed by atoms with E-state index in [1.807, 2.05) is 14.0 Å². The van der Waals surface area contributed by atoms with Gasteiger partial charge in [0.05, 0.1) is 5.56 Å². The average Bonchev–Trinajstić information content (AvgIpc) is 2.42. The molecule has 1 aliphatic rings. The minimum absolute atomic E-state index is 0.0877. The molecule has 2 atom stereocenters. The molecule has 1 fully saturated rings. The first-order chi connectivity index (χ1) is 9.82. The third kappa shape index (κ3) is 3.66. The van der Waals surface area contributed by atoms with Crippen LogP contribution in [0.2, 0.25) is 0 Å². The molecule has 1 heterocycles. The van der Waals surface area contributed by atoms with E-state index >= 15 is 0 Å². The van der Waals surface area contributed by atoms with Crippen molar-refractivity contribution in [3.63, 3.8) is 0 Å². The minimum Gasteiger partial charge on any atom is -0.474 e. The Bertz CT molecular complexity index is 494. The molecule has 1 saturated carbocycles. The Labute approximate surface area is 128 Å². The van der Waals surface area contributed by atoms with Gasteiger partial charge in [0, 0.05) is 12.5 Å². The molecule has 1 aromatic heterocycles. The van der Waals surface area contributed by atoms with Gasteiger partial charge in [-0.05, 0) is 32.1 Å². The first kappa shape index (κ1) is 16.1. The summed E-state index contributed by atoms with van der Waals surface area (Å²) in [6.45, 7) is 10.7. The maximum absolute atomic E-state index is 6.29. The van der Waals surface area contributed by atoms with Gasteiger partial charge in [-0.1, -0.05) is 34.1 Å². The van der Waals surface area contributed by atoms with Crippen LogP contribution >= 0.6 is 0 Å². The second kappa shape index (κ2) is 6.20. The number of anilines is 1. The number of nitrogens with one attached hydrogen (secondary N) is 1. The molecule has 4 nitrogen and oxygen atoms in total. The van der Waals surface area contributed by atoms with Gasteiger partial charge in [0.2, 0.25) is 5.88 Å². The van der Waals surface area contributed by atoms with Crippen molar-refractivity contribution in [1.82, 2.24) is 9.97 Å². The normalized spacial score (nSPS) is 23.0. The maximum atomic E-state index is 6.29. The first-order valence-corrected chi connectivity index (χ1v) is 8.06. The Balaban J connectivity index is 2.33. The van der Waals surface area contributed by atoms with Crippen molar-refractivity contribution in [2.75, 3.05) is 12.4 Å². The molecule has 0 amide bonds. The fourth-order valence-corrected chi connectivity index (χ4v) is 2.79. The van der Waals surface area contributed by atoms with E-state index in [1.54, 1.807) is 0 Å². The standard InChI is InChI=1S/C17H29N3O/c1-11-9-7-8-10-13(11)21-15-12(2)14(18-6)19-16(20-15)17(3,4)5/h11,13H,7-10H2,1-6H3,(H,18,19,20). The second-order valence-corrected chi connectivity index (χ2v) is 7.24. The smallest absolute Gasteiger partial charge is 0.222 e. The molecule has 0 saturated heterocycles. The topological polar surface area (TPSA) is 47.0 Å². The number of hydrogen-bond acceptors (Lipinski definition) is 4. The van der Waals surface area contributed by atoms with Crippen molar-refractivity contribution in [3.8, 4) is 5.88 Å². The summed E-state index contributed by atoms with van der Waals surface area (Å²) in [5, 5.41) is 3.17. The summed E-state index contributed by atoms with van der Waals surface area (Å²) < 4.78 is 6.29. The molecular weight excluding hydrogens is 262 g/mol. The van der Waals surface area contributed by atoms with Crippen LogP contribution in [0.25, 0.3) is 0 Å². The highest BCUT2D eigenvalue weighted by Crippen LogP contribution is 2.32. The zero-order valence-electron chi connectivity index (χ0n) is 14.3. The molecule has 21 heavy (non-hydrogen) atoms. The summed E-state index contributed by atoms with van der Waals surface area (Å²) in [4.78, 5) is 9.34. The van der Waals surface area contributed by atoms with E-state index in [0.29, 0.717) is 5.92 Å². The second-order valence-electron chi connectivity index (χ2n) is 7.24. The summed E-state index contributed by atoms with van der Waals surface area (Å²) in [6, 6.07) is 0. The lowest BCUT2D eigenvalue weighted by Crippen LogP contribution is -2.29. The molecule has 0 aromatic carbocycles. The van der Waals surface area contributed by atoms with Crippen LogP contribution in [-0.4, -0.2) is 23.1 Å². The zero-order chi connectivity index (χ0) is 15.6. The molecule has 0 bridgehead atoms. The highest BCUT2D eigenvalue weighted by molar-refractivity contribution is 5.48. The van der Waals surface area contributed by atoms with Crippen molar-refractivity contribution in [1.29, 1.82) is 0 Å². The van der Waals surface area contributed by atoms with Crippen molar-refractivity contribution < 1.29 is 4.74 Å². The average molecular weight is 291 g/mol. The van der Waals surface area contributed by atoms with Gasteiger partial charge in [0.25, 0.3) is 0 Å². The maximum Gasteiger partial charge on any atom is 0.222 e. The van der Waals surface area contributed by atoms with Crippen molar-refractivity contribution in [3.05, 3.63) is 11.4 Å². The van der Waals surface area contributed by atoms with Crippen LogP contribution in [0.15, 0.2) is 0 Å². The summed E-state index contributed by atoms with van der Waals surface area (Å²) in [6.07, 6.45) is 5.23. The summed E-state index contributed by atoms with van der Waals surface area (Å²) in [5.74, 6) is 3.05. The van der Waals surface area contributed by atoms with E-state index in [2.05, 4.69) is 38.0 Å². The molecule has 1 aromatic rings. The SMILES string of the molecule is CNc1nc(C(C)(C)C)nc(OC2CCCCC2C)c1C. The van der Waals surface area contributed by atoms with Crippen molar-refractivity contribution in [2.45, 2.75) is 71.8 Å². The number of ether oxygens (including phenoxy) is 1. The van der Waals surface area contributed by atoms with Gasteiger partial charge in [-0.3, -0.25) is 0 Å². The van der Waals surface area contributed by atoms with Gasteiger partial charge < -0.3 is 10.1 Å². The van der Waals surface area contributed by atoms with Gasteiger partial charge in [0.1, 0.15) is 17.7 Å². The zero-order valence-corrected chi connectivity index (χ0v) is 14.3. The Morgan fingerprint density at radius 3 is 2.38 bits per heavy atom. The fourth-order valence-electron chi connectivity index (χ4n) is 2.79. The number of hydrogen-bond donors (Lipinski definition) is 1. The lowest BCUT2D eigenvalue weighted by atomic mass is 9.88. The van der Waals surface area contributed by atoms with E-state index in [1.165, 1.54) is 19.3 Å². The Morgan fingerprint density at radius 1 is 1.14 bits per heavy atom. The molecule has 2 unspecified atom stereocenters. The third-order valence-corrected chi connectivity index (χ3v) is 4.30. The summed E-state index contributed by atoms with van der Waals surface area (Å²) in [7, 11) is 1.90. The predicted octanol–water partition coefficient (Wildman–Crippen LogP) is 4.08. The Hall–Kier alpha value is -1.32. The van der Waals surface area contributed by atoms with E-state index in [-0.39, 0.29) is 11.5 Å². The van der Waals surface area contributed by atoms with E-state index in [0.717, 1.165) is 29.5 Å². The van der Waals surface area contributed by atoms with Crippen LogP contribution in [0.4, 0.5) is 5.82 Å². The third-order valence-electron chi connectivity index (χ3n) is 4.30. The lowest BCUT2D eigenvalue weighted by Gasteiger charge is -2.30. The number of rotatable bonds is 3. The molecular formula is C17H29N3O. The predicted molar refractivity (Wildman–Crippen MR) is 87.1 cm³/mol. The van der Waals surface area contributed by atoms with Gasteiger partial charge in [-0.15, -0.1) is 0 Å². The quantitative estimate of drug-likeness (QED) is 0.911. The van der Waals surface area contributed by atoms with Crippen LogP contribution in [0, 0.1) is 12.8 Å². The van der Waals surface area contributed by atoms with Crippen LogP contribution < -0.4 is 10.1 Å². The van der Waals surface area contributed by atoms with Gasteiger partial charge in [0.15, 0.2) is 0 Å². The molecule has 118 valence electrons. The van der Waals surface area contributed by atoms with Crippen molar-refractivity contribution in [2.24, 2.45) is 5.92 Å². The van der Waals surface area contributed by atoms with Crippen LogP contribution in [0.1, 0.15) is 64.8 Å². The Kier molecular flexibility index (Phi) is 4.74. The van der Waals surface area contributed by atoms with E-state index < -0.39 is 0 Å². The molecule has 1 aliphatic carbocycles. The first-order valence-electron chi connectivity index (χ1n) is 8.06. The monoisotopic (exact) mass is 291 g/mol. The van der Waals surface area contributed by atoms with E-state index in [4.69, 9.17) is 9.72 Å². The van der Waals surface area contributed by atoms with Crippen LogP contribution in [0.5, 0.6) is 5.88 Å². The van der Waals surface area contributed by atoms with Crippen LogP contribution in [0.3, 0.4) is 0 Å². The van der Waals surface area contributed by atoms with Gasteiger partial charge in [-0.2, -0.15) is 4.98 Å². The molecule has 0 aliphatic heterocycles. The molecule has 1 N–H and O–H groups in total. The van der Waals surface area contributed by atoms with Gasteiger partial charge in [-0.25, -0.2) is 4.98 Å². The minimum atomic E-state index is -0.0877. The fraction of sp³-hybridized carbons (Fsp3) is 0.765. The molecule has 0 radical (unpaired) electrons. The lowest BCUT2D eigenvalue weighted by molar-refractivity contribution is 0.0961. The number of aromatic nitrogens is 2. The molecule has 2 rings (SSSR count). The Morgan fingerprint density at radius 2 is 1.81 bits per heavy atom.